The maximum atomic E-state index is 11.2. The number of aliphatic carboxylic acids is 3. The predicted octanol–water partition coefficient (Wildman–Crippen LogP) is 3.68. The van der Waals surface area contributed by atoms with Gasteiger partial charge in [-0.2, -0.15) is 4.90 Å². The van der Waals surface area contributed by atoms with Gasteiger partial charge in [0.15, 0.2) is 0 Å². The summed E-state index contributed by atoms with van der Waals surface area (Å²) in [6.07, 6.45) is 4.51. The van der Waals surface area contributed by atoms with Gasteiger partial charge in [-0.25, -0.2) is 0 Å². The van der Waals surface area contributed by atoms with Crippen LogP contribution in [0.25, 0.3) is 21.5 Å². The van der Waals surface area contributed by atoms with Crippen LogP contribution in [0.15, 0.2) is 120 Å². The molecule has 0 radical (unpaired) electrons. The first-order valence-corrected chi connectivity index (χ1v) is 14.6. The molecule has 9 heteroatoms. The van der Waals surface area contributed by atoms with Crippen LogP contribution in [-0.4, -0.2) is 23.2 Å². The normalized spacial score (nSPS) is 19.2. The summed E-state index contributed by atoms with van der Waals surface area (Å²) >= 11 is 6.90. The van der Waals surface area contributed by atoms with Gasteiger partial charge in [0, 0.05) is 22.0 Å². The Kier molecular flexibility index (Phi) is 14.8. The van der Waals surface area contributed by atoms with Crippen molar-refractivity contribution in [2.75, 3.05) is 0 Å². The molecule has 2 fully saturated rings. The largest absolute Gasteiger partial charge is 4.00 e. The van der Waals surface area contributed by atoms with E-state index >= 15 is 0 Å². The van der Waals surface area contributed by atoms with Crippen molar-refractivity contribution in [1.82, 2.24) is 0 Å². The van der Waals surface area contributed by atoms with E-state index in [2.05, 4.69) is 73.8 Å². The van der Waals surface area contributed by atoms with E-state index in [1.165, 1.54) is 26.4 Å². The van der Waals surface area contributed by atoms with Gasteiger partial charge in [-0.1, -0.05) is 86.0 Å². The van der Waals surface area contributed by atoms with Crippen LogP contribution >= 0.6 is 11.8 Å². The Hall–Kier alpha value is -3.26. The van der Waals surface area contributed by atoms with Crippen molar-refractivity contribution in [2.45, 2.75) is 34.3 Å². The maximum absolute atomic E-state index is 11.2. The molecule has 0 aromatic heterocycles. The average molecular weight is 690 g/mol. The van der Waals surface area contributed by atoms with E-state index in [1.807, 2.05) is 36.0 Å². The molecule has 0 saturated heterocycles. The summed E-state index contributed by atoms with van der Waals surface area (Å²) in [5.41, 5.74) is 0. The molecule has 0 aliphatic heterocycles. The summed E-state index contributed by atoms with van der Waals surface area (Å²) in [6, 6.07) is 29.1. The summed E-state index contributed by atoms with van der Waals surface area (Å²) in [7, 11) is 0. The van der Waals surface area contributed by atoms with Crippen molar-refractivity contribution in [1.29, 1.82) is 0 Å². The van der Waals surface area contributed by atoms with Crippen molar-refractivity contribution >= 4 is 63.8 Å². The molecule has 6 nitrogen and oxygen atoms in total. The van der Waals surface area contributed by atoms with Crippen molar-refractivity contribution in [3.8, 4) is 0 Å². The summed E-state index contributed by atoms with van der Waals surface area (Å²) in [5.74, 6) is -2.63. The average Bonchev–Trinajstić information content (AvgIpc) is 3.59. The van der Waals surface area contributed by atoms with E-state index in [0.29, 0.717) is 17.1 Å². The van der Waals surface area contributed by atoms with Gasteiger partial charge in [0.1, 0.15) is 0 Å². The Labute approximate surface area is 280 Å². The first-order chi connectivity index (χ1) is 20.1. The Morgan fingerprint density at radius 3 is 1.70 bits per heavy atom. The minimum atomic E-state index is -1.23. The van der Waals surface area contributed by atoms with E-state index < -0.39 is 17.9 Å². The molecule has 0 spiro atoms. The van der Waals surface area contributed by atoms with Gasteiger partial charge in [-0.15, -0.1) is 11.8 Å². The Morgan fingerprint density at radius 1 is 0.721 bits per heavy atom. The fraction of sp³-hybridized carbons (Fsp3) is 0.206. The van der Waals surface area contributed by atoms with E-state index in [9.17, 15) is 9.90 Å². The molecule has 2 aliphatic rings. The molecule has 4 atom stereocenters. The van der Waals surface area contributed by atoms with Gasteiger partial charge in [-0.3, -0.25) is 0 Å². The third kappa shape index (κ3) is 11.1. The number of thioether (sulfide) groups is 1. The molecule has 0 heterocycles. The second-order valence-corrected chi connectivity index (χ2v) is 11.7. The molecule has 4 aromatic carbocycles. The number of carbonyl (C=O) groups excluding carboxylic acids is 3. The quantitative estimate of drug-likeness (QED) is 0.230. The van der Waals surface area contributed by atoms with Crippen molar-refractivity contribution in [2.24, 2.45) is 17.8 Å². The third-order valence-electron chi connectivity index (χ3n) is 7.12. The Bertz CT molecular complexity index is 1560. The van der Waals surface area contributed by atoms with Crippen molar-refractivity contribution in [3.63, 3.8) is 0 Å². The summed E-state index contributed by atoms with van der Waals surface area (Å²) in [5, 5.41) is 34.9. The topological polar surface area (TPSA) is 120 Å². The fourth-order valence-corrected chi connectivity index (χ4v) is 7.01. The van der Waals surface area contributed by atoms with Gasteiger partial charge >= 0.3 is 26.2 Å². The van der Waals surface area contributed by atoms with Gasteiger partial charge in [0.25, 0.3) is 0 Å². The molecule has 2 aliphatic carbocycles. The molecule has 4 unspecified atom stereocenters. The SMILES string of the molecule is C=CC(=O)[O-].C=CC(=O)[O-].O=C([O-])C1CC2CC(Sc3ccc4ccccc4c3)C1C2.[S-]c1ccc2ccccc2c1.[Zr+4]. The van der Waals surface area contributed by atoms with E-state index in [-0.39, 0.29) is 32.1 Å². The second kappa shape index (κ2) is 17.8. The van der Waals surface area contributed by atoms with Crippen LogP contribution in [0.5, 0.6) is 0 Å². The maximum Gasteiger partial charge on any atom is 4.00 e. The smallest absolute Gasteiger partial charge is 0.780 e. The number of benzene rings is 4. The van der Waals surface area contributed by atoms with E-state index in [0.717, 1.165) is 36.3 Å². The molecule has 2 saturated carbocycles. The second-order valence-electron chi connectivity index (χ2n) is 9.88. The van der Waals surface area contributed by atoms with Crippen LogP contribution in [0, 0.1) is 17.8 Å². The van der Waals surface area contributed by atoms with Crippen molar-refractivity contribution in [3.05, 3.63) is 110 Å². The number of carbonyl (C=O) groups is 3. The van der Waals surface area contributed by atoms with Crippen LogP contribution in [-0.2, 0) is 53.2 Å². The van der Waals surface area contributed by atoms with Gasteiger partial charge in [0.05, 0.1) is 11.9 Å². The van der Waals surface area contributed by atoms with Gasteiger partial charge in [-0.05, 0) is 76.9 Å². The molecule has 0 amide bonds. The number of carboxylic acid groups (broad SMARTS) is 3. The summed E-state index contributed by atoms with van der Waals surface area (Å²) < 4.78 is 0. The summed E-state index contributed by atoms with van der Waals surface area (Å²) in [4.78, 5) is 31.7. The number of hydrogen-bond donors (Lipinski definition) is 0. The molecular formula is C34H30O6S2Zr. The van der Waals surface area contributed by atoms with Crippen LogP contribution in [0.1, 0.15) is 19.3 Å². The zero-order chi connectivity index (χ0) is 30.6. The number of carboxylic acids is 3. The molecule has 6 rings (SSSR count). The first kappa shape index (κ1) is 35.9. The molecule has 43 heavy (non-hydrogen) atoms. The monoisotopic (exact) mass is 688 g/mol. The number of fused-ring (bicyclic) bond motifs is 4. The minimum absolute atomic E-state index is 0. The van der Waals surface area contributed by atoms with Crippen LogP contribution in [0.4, 0.5) is 0 Å². The minimum Gasteiger partial charge on any atom is -0.780 e. The zero-order valence-corrected chi connectivity index (χ0v) is 27.4. The Morgan fingerprint density at radius 2 is 1.21 bits per heavy atom. The number of hydrogen-bond acceptors (Lipinski definition) is 8. The van der Waals surface area contributed by atoms with Crippen LogP contribution in [0.3, 0.4) is 0 Å². The standard InChI is InChI=1S/C18H18O2S.C10H8S.2C3H4O2.Zr/c19-18(20)16-8-11-7-15(16)17(9-11)21-14-6-5-12-3-1-2-4-13(12)10-14;11-10-6-5-8-3-1-2-4-9(8)7-10;2*1-2-3(4)5;/h1-6,10-11,15-17H,7-9H2,(H,19,20);1-7,11H;2*2H,1H2,(H,4,5);/q;;;;+4/p-4. The molecule has 2 bridgehead atoms. The zero-order valence-electron chi connectivity index (χ0n) is 23.3. The first-order valence-electron chi connectivity index (χ1n) is 13.3. The van der Waals surface area contributed by atoms with Gasteiger partial charge < -0.3 is 42.3 Å². The molecule has 0 N–H and O–H groups in total. The van der Waals surface area contributed by atoms with Gasteiger partial charge in [0.2, 0.25) is 0 Å². The molecular weight excluding hydrogens is 660 g/mol. The van der Waals surface area contributed by atoms with E-state index in [4.69, 9.17) is 32.4 Å². The summed E-state index contributed by atoms with van der Waals surface area (Å²) in [6.45, 7) is 5.80. The number of rotatable bonds is 5. The van der Waals surface area contributed by atoms with Crippen molar-refractivity contribution < 1.29 is 55.9 Å². The predicted molar refractivity (Wildman–Crippen MR) is 163 cm³/mol. The van der Waals surface area contributed by atoms with Crippen LogP contribution in [0.2, 0.25) is 0 Å². The fourth-order valence-electron chi connectivity index (χ4n) is 5.28. The third-order valence-corrected chi connectivity index (χ3v) is 8.74. The molecule has 218 valence electrons. The van der Waals surface area contributed by atoms with Crippen LogP contribution < -0.4 is 15.3 Å². The van der Waals surface area contributed by atoms with E-state index in [1.54, 1.807) is 0 Å². The molecule has 4 aromatic rings. The Balaban J connectivity index is 0.000000246.